The van der Waals surface area contributed by atoms with E-state index < -0.39 is 0 Å². The molecule has 2 rings (SSSR count). The third-order valence-corrected chi connectivity index (χ3v) is 3.37. The van der Waals surface area contributed by atoms with E-state index in [-0.39, 0.29) is 11.1 Å². The van der Waals surface area contributed by atoms with Crippen LogP contribution in [0.4, 0.5) is 0 Å². The summed E-state index contributed by atoms with van der Waals surface area (Å²) in [5.41, 5.74) is 0.537. The second kappa shape index (κ2) is 3.28. The predicted molar refractivity (Wildman–Crippen MR) is 66.3 cm³/mol. The van der Waals surface area contributed by atoms with Crippen molar-refractivity contribution in [1.82, 2.24) is 9.55 Å². The molecule has 0 aliphatic heterocycles. The summed E-state index contributed by atoms with van der Waals surface area (Å²) in [5.74, 6) is 0. The zero-order valence-electron chi connectivity index (χ0n) is 8.83. The maximum atomic E-state index is 12.1. The van der Waals surface area contributed by atoms with Gasteiger partial charge in [0.15, 0.2) is 4.77 Å². The molecule has 0 radical (unpaired) electrons. The van der Waals surface area contributed by atoms with Crippen molar-refractivity contribution in [2.45, 2.75) is 26.3 Å². The number of nitrogens with one attached hydrogen (secondary N) is 1. The average molecular weight is 240 g/mol. The molecule has 0 amide bonds. The molecule has 15 heavy (non-hydrogen) atoms. The number of rotatable bonds is 0. The van der Waals surface area contributed by atoms with E-state index in [0.717, 1.165) is 10.2 Å². The molecule has 3 nitrogen and oxygen atoms in total. The molecule has 0 saturated heterocycles. The molecule has 0 atom stereocenters. The number of hydrogen-bond donors (Lipinski definition) is 1. The van der Waals surface area contributed by atoms with Crippen molar-refractivity contribution < 1.29 is 0 Å². The van der Waals surface area contributed by atoms with Crippen LogP contribution in [-0.4, -0.2) is 9.55 Å². The van der Waals surface area contributed by atoms with Crippen molar-refractivity contribution in [3.05, 3.63) is 26.6 Å². The zero-order chi connectivity index (χ0) is 11.2. The van der Waals surface area contributed by atoms with Gasteiger partial charge < -0.3 is 4.98 Å². The molecule has 0 bridgehead atoms. The summed E-state index contributed by atoms with van der Waals surface area (Å²) in [5, 5.41) is 1.89. The Hall–Kier alpha value is -0.940. The highest BCUT2D eigenvalue weighted by Crippen LogP contribution is 2.17. The van der Waals surface area contributed by atoms with Gasteiger partial charge in [0, 0.05) is 5.54 Å². The van der Waals surface area contributed by atoms with Gasteiger partial charge in [-0.15, -0.1) is 11.3 Å². The van der Waals surface area contributed by atoms with E-state index in [4.69, 9.17) is 12.2 Å². The van der Waals surface area contributed by atoms with Gasteiger partial charge in [0.1, 0.15) is 4.70 Å². The minimum Gasteiger partial charge on any atom is -0.331 e. The van der Waals surface area contributed by atoms with E-state index in [1.807, 2.05) is 32.2 Å². The molecule has 2 heterocycles. The van der Waals surface area contributed by atoms with Crippen LogP contribution in [0, 0.1) is 4.77 Å². The number of nitrogens with zero attached hydrogens (tertiary/aromatic N) is 1. The second-order valence-electron chi connectivity index (χ2n) is 4.40. The van der Waals surface area contributed by atoms with Gasteiger partial charge in [0.2, 0.25) is 0 Å². The van der Waals surface area contributed by atoms with Crippen LogP contribution < -0.4 is 5.56 Å². The fourth-order valence-corrected chi connectivity index (χ4v) is 2.79. The number of aromatic nitrogens is 2. The number of H-pyrrole nitrogens is 1. The standard InChI is InChI=1S/C10H12N2OS2/c1-10(2,3)12-8(13)7-6(4-5-15-7)11-9(12)14/h4-5H,1-3H3,(H,11,14). The Morgan fingerprint density at radius 2 is 2.13 bits per heavy atom. The number of fused-ring (bicyclic) bond motifs is 1. The molecule has 1 N–H and O–H groups in total. The molecule has 0 fully saturated rings. The molecule has 5 heteroatoms. The molecule has 0 saturated carbocycles. The van der Waals surface area contributed by atoms with Crippen molar-refractivity contribution in [2.24, 2.45) is 0 Å². The molecule has 0 unspecified atom stereocenters. The van der Waals surface area contributed by atoms with Crippen molar-refractivity contribution in [3.63, 3.8) is 0 Å². The van der Waals surface area contributed by atoms with Crippen LogP contribution >= 0.6 is 23.6 Å². The quantitative estimate of drug-likeness (QED) is 0.719. The van der Waals surface area contributed by atoms with Crippen LogP contribution in [0.2, 0.25) is 0 Å². The Labute approximate surface area is 96.4 Å². The summed E-state index contributed by atoms with van der Waals surface area (Å²) in [4.78, 5) is 15.2. The second-order valence-corrected chi connectivity index (χ2v) is 5.71. The molecule has 2 aromatic heterocycles. The number of thiophene rings is 1. The first-order valence-electron chi connectivity index (χ1n) is 4.64. The van der Waals surface area contributed by atoms with Crippen LogP contribution in [0.5, 0.6) is 0 Å². The summed E-state index contributed by atoms with van der Waals surface area (Å²) < 4.78 is 2.85. The van der Waals surface area contributed by atoms with E-state index in [1.165, 1.54) is 11.3 Å². The van der Waals surface area contributed by atoms with Gasteiger partial charge in [-0.1, -0.05) is 0 Å². The zero-order valence-corrected chi connectivity index (χ0v) is 10.5. The minimum absolute atomic E-state index is 0.00347. The van der Waals surface area contributed by atoms with E-state index in [1.54, 1.807) is 4.57 Å². The first-order valence-corrected chi connectivity index (χ1v) is 5.93. The van der Waals surface area contributed by atoms with Gasteiger partial charge in [-0.2, -0.15) is 0 Å². The van der Waals surface area contributed by atoms with Gasteiger partial charge in [0.25, 0.3) is 5.56 Å². The van der Waals surface area contributed by atoms with Gasteiger partial charge in [-0.05, 0) is 44.4 Å². The fraction of sp³-hybridized carbons (Fsp3) is 0.400. The molecule has 80 valence electrons. The Morgan fingerprint density at radius 3 is 2.73 bits per heavy atom. The Morgan fingerprint density at radius 1 is 1.47 bits per heavy atom. The minimum atomic E-state index is -0.289. The van der Waals surface area contributed by atoms with E-state index in [2.05, 4.69) is 4.98 Å². The van der Waals surface area contributed by atoms with E-state index in [0.29, 0.717) is 4.77 Å². The first kappa shape index (κ1) is 10.6. The Bertz CT molecular complexity index is 613. The first-order chi connectivity index (χ1) is 6.91. The molecule has 2 aromatic rings. The SMILES string of the molecule is CC(C)(C)n1c(=S)[nH]c2ccsc2c1=O. The van der Waals surface area contributed by atoms with Crippen molar-refractivity contribution >= 4 is 33.8 Å². The average Bonchev–Trinajstić information content (AvgIpc) is 2.48. The molecule has 0 spiro atoms. The normalized spacial score (nSPS) is 12.2. The molecular weight excluding hydrogens is 228 g/mol. The van der Waals surface area contributed by atoms with Crippen LogP contribution in [-0.2, 0) is 5.54 Å². The summed E-state index contributed by atoms with van der Waals surface area (Å²) in [7, 11) is 0. The van der Waals surface area contributed by atoms with Gasteiger partial charge in [0.05, 0.1) is 5.52 Å². The third kappa shape index (κ3) is 1.66. The summed E-state index contributed by atoms with van der Waals surface area (Å²) in [6, 6.07) is 1.88. The number of aromatic amines is 1. The largest absolute Gasteiger partial charge is 0.331 e. The van der Waals surface area contributed by atoms with E-state index in [9.17, 15) is 4.79 Å². The monoisotopic (exact) mass is 240 g/mol. The highest BCUT2D eigenvalue weighted by atomic mass is 32.1. The fourth-order valence-electron chi connectivity index (χ4n) is 1.55. The van der Waals surface area contributed by atoms with Crippen molar-refractivity contribution in [1.29, 1.82) is 0 Å². The number of hydrogen-bond acceptors (Lipinski definition) is 3. The van der Waals surface area contributed by atoms with Gasteiger partial charge in [-0.25, -0.2) is 0 Å². The lowest BCUT2D eigenvalue weighted by Crippen LogP contribution is -2.34. The highest BCUT2D eigenvalue weighted by Gasteiger charge is 2.18. The maximum absolute atomic E-state index is 12.1. The third-order valence-electron chi connectivity index (χ3n) is 2.18. The summed E-state index contributed by atoms with van der Waals surface area (Å²) in [6.45, 7) is 5.91. The summed E-state index contributed by atoms with van der Waals surface area (Å²) in [6.07, 6.45) is 0. The molecular formula is C10H12N2OS2. The van der Waals surface area contributed by atoms with Crippen LogP contribution in [0.1, 0.15) is 20.8 Å². The van der Waals surface area contributed by atoms with Crippen LogP contribution in [0.15, 0.2) is 16.2 Å². The molecule has 0 aromatic carbocycles. The molecule has 0 aliphatic carbocycles. The van der Waals surface area contributed by atoms with Crippen LogP contribution in [0.3, 0.4) is 0 Å². The maximum Gasteiger partial charge on any atom is 0.272 e. The lowest BCUT2D eigenvalue weighted by atomic mass is 10.1. The van der Waals surface area contributed by atoms with Crippen molar-refractivity contribution in [3.8, 4) is 0 Å². The van der Waals surface area contributed by atoms with Crippen molar-refractivity contribution in [2.75, 3.05) is 0 Å². The Kier molecular flexibility index (Phi) is 2.31. The van der Waals surface area contributed by atoms with Gasteiger partial charge >= 0.3 is 0 Å². The Balaban J connectivity index is 2.98. The predicted octanol–water partition coefficient (Wildman–Crippen LogP) is 2.88. The lowest BCUT2D eigenvalue weighted by Gasteiger charge is -2.21. The van der Waals surface area contributed by atoms with Crippen LogP contribution in [0.25, 0.3) is 10.2 Å². The van der Waals surface area contributed by atoms with Gasteiger partial charge in [-0.3, -0.25) is 9.36 Å². The lowest BCUT2D eigenvalue weighted by molar-refractivity contribution is 0.377. The molecule has 0 aliphatic rings. The topological polar surface area (TPSA) is 37.8 Å². The smallest absolute Gasteiger partial charge is 0.272 e. The van der Waals surface area contributed by atoms with E-state index >= 15 is 0 Å². The summed E-state index contributed by atoms with van der Waals surface area (Å²) >= 11 is 6.64. The highest BCUT2D eigenvalue weighted by molar-refractivity contribution is 7.71.